The number of rotatable bonds is 6. The molecule has 3 rings (SSSR count). The van der Waals surface area contributed by atoms with E-state index in [1.807, 2.05) is 6.07 Å². The van der Waals surface area contributed by atoms with Gasteiger partial charge in [0.05, 0.1) is 4.90 Å². The summed E-state index contributed by atoms with van der Waals surface area (Å²) in [7, 11) is -3.86. The average molecular weight is 435 g/mol. The van der Waals surface area contributed by atoms with E-state index in [4.69, 9.17) is 16.3 Å². The molecule has 31 heavy (non-hydrogen) atoms. The van der Waals surface area contributed by atoms with Crippen LogP contribution in [0, 0.1) is 5.41 Å². The Kier molecular flexibility index (Phi) is 6.33. The molecule has 0 saturated carbocycles. The van der Waals surface area contributed by atoms with Crippen molar-refractivity contribution in [1.82, 2.24) is 0 Å². The van der Waals surface area contributed by atoms with Crippen molar-refractivity contribution in [2.45, 2.75) is 11.8 Å². The zero-order chi connectivity index (χ0) is 22.6. The number of hydrogen-bond donors (Lipinski definition) is 4. The van der Waals surface area contributed by atoms with E-state index < -0.39 is 10.0 Å². The number of allylic oxidation sites excluding steroid dienone is 1. The summed E-state index contributed by atoms with van der Waals surface area (Å²) in [6.07, 6.45) is 1.46. The van der Waals surface area contributed by atoms with Crippen molar-refractivity contribution in [2.24, 2.45) is 10.9 Å². The molecule has 158 valence electrons. The van der Waals surface area contributed by atoms with Gasteiger partial charge in [0.25, 0.3) is 0 Å². The summed E-state index contributed by atoms with van der Waals surface area (Å²) in [5.41, 5.74) is 9.32. The van der Waals surface area contributed by atoms with Crippen LogP contribution < -0.4 is 16.2 Å². The lowest BCUT2D eigenvalue weighted by Crippen LogP contribution is -2.13. The van der Waals surface area contributed by atoms with Crippen LogP contribution in [0.25, 0.3) is 16.7 Å². The van der Waals surface area contributed by atoms with E-state index in [1.165, 1.54) is 12.1 Å². The SMILES string of the molecule is CC(=CC(=O)Nc1ccc(-c2ccccc2S(N)(=O)=O)cc1)c1cccc(C(=N)N)c1. The molecule has 3 aromatic rings. The number of sulfonamides is 1. The third-order valence-electron chi connectivity index (χ3n) is 4.63. The summed E-state index contributed by atoms with van der Waals surface area (Å²) in [5.74, 6) is -0.355. The molecule has 0 unspecified atom stereocenters. The van der Waals surface area contributed by atoms with Gasteiger partial charge in [0.1, 0.15) is 5.84 Å². The van der Waals surface area contributed by atoms with Crippen LogP contribution in [0.5, 0.6) is 0 Å². The lowest BCUT2D eigenvalue weighted by molar-refractivity contribution is -0.111. The molecule has 7 nitrogen and oxygen atoms in total. The van der Waals surface area contributed by atoms with Gasteiger partial charge in [-0.25, -0.2) is 13.6 Å². The molecule has 6 N–H and O–H groups in total. The molecule has 0 heterocycles. The zero-order valence-corrected chi connectivity index (χ0v) is 17.6. The van der Waals surface area contributed by atoms with Gasteiger partial charge in [-0.1, -0.05) is 48.5 Å². The number of carbonyl (C=O) groups excluding carboxylic acids is 1. The van der Waals surface area contributed by atoms with E-state index >= 15 is 0 Å². The average Bonchev–Trinajstić information content (AvgIpc) is 2.73. The predicted octanol–water partition coefficient (Wildman–Crippen LogP) is 3.33. The fraction of sp³-hybridized carbons (Fsp3) is 0.0435. The standard InChI is InChI=1S/C23H22N4O3S/c1-15(17-5-4-6-18(14-17)23(24)25)13-22(28)27-19-11-9-16(10-12-19)20-7-2-3-8-21(20)31(26,29)30/h2-14H,1H3,(H3,24,25)(H,27,28)(H2,26,29,30). The Bertz CT molecular complexity index is 1280. The van der Waals surface area contributed by atoms with Gasteiger partial charge in [-0.15, -0.1) is 0 Å². The van der Waals surface area contributed by atoms with Crippen molar-refractivity contribution in [1.29, 1.82) is 5.41 Å². The third-order valence-corrected chi connectivity index (χ3v) is 5.60. The number of carbonyl (C=O) groups is 1. The van der Waals surface area contributed by atoms with Crippen molar-refractivity contribution in [3.8, 4) is 11.1 Å². The molecule has 0 radical (unpaired) electrons. The fourth-order valence-corrected chi connectivity index (χ4v) is 3.84. The first kappa shape index (κ1) is 21.9. The predicted molar refractivity (Wildman–Crippen MR) is 123 cm³/mol. The third kappa shape index (κ3) is 5.44. The van der Waals surface area contributed by atoms with E-state index in [2.05, 4.69) is 5.32 Å². The molecule has 0 saturated heterocycles. The van der Waals surface area contributed by atoms with Crippen molar-refractivity contribution in [2.75, 3.05) is 5.32 Å². The topological polar surface area (TPSA) is 139 Å². The van der Waals surface area contributed by atoms with Crippen molar-refractivity contribution >= 4 is 33.0 Å². The highest BCUT2D eigenvalue weighted by Gasteiger charge is 2.14. The summed E-state index contributed by atoms with van der Waals surface area (Å²) in [6, 6.07) is 20.4. The van der Waals surface area contributed by atoms with Crippen LogP contribution >= 0.6 is 0 Å². The Morgan fingerprint density at radius 2 is 1.61 bits per heavy atom. The first-order valence-electron chi connectivity index (χ1n) is 9.31. The van der Waals surface area contributed by atoms with Gasteiger partial charge in [0.2, 0.25) is 15.9 Å². The Morgan fingerprint density at radius 1 is 0.968 bits per heavy atom. The highest BCUT2D eigenvalue weighted by molar-refractivity contribution is 7.89. The van der Waals surface area contributed by atoms with E-state index in [0.717, 1.165) is 11.1 Å². The molecular formula is C23H22N4O3S. The molecule has 0 aromatic heterocycles. The summed E-state index contributed by atoms with van der Waals surface area (Å²) in [5, 5.41) is 15.6. The maximum atomic E-state index is 12.4. The number of benzene rings is 3. The fourth-order valence-electron chi connectivity index (χ4n) is 3.08. The number of nitrogens with two attached hydrogens (primary N) is 2. The number of nitrogen functional groups attached to an aromatic ring is 1. The van der Waals surface area contributed by atoms with Crippen LogP contribution in [0.1, 0.15) is 18.1 Å². The van der Waals surface area contributed by atoms with Gasteiger partial charge in [-0.3, -0.25) is 10.2 Å². The van der Waals surface area contributed by atoms with Gasteiger partial charge in [0.15, 0.2) is 0 Å². The Balaban J connectivity index is 1.78. The van der Waals surface area contributed by atoms with Crippen molar-refractivity contribution < 1.29 is 13.2 Å². The Morgan fingerprint density at radius 3 is 2.26 bits per heavy atom. The molecule has 0 aliphatic carbocycles. The first-order chi connectivity index (χ1) is 14.6. The molecule has 0 spiro atoms. The largest absolute Gasteiger partial charge is 0.384 e. The van der Waals surface area contributed by atoms with Crippen LogP contribution in [0.3, 0.4) is 0 Å². The quantitative estimate of drug-likeness (QED) is 0.268. The number of primary sulfonamides is 1. The van der Waals surface area contributed by atoms with E-state index in [0.29, 0.717) is 22.4 Å². The molecule has 0 aliphatic rings. The minimum Gasteiger partial charge on any atom is -0.384 e. The van der Waals surface area contributed by atoms with Crippen LogP contribution in [0.2, 0.25) is 0 Å². The summed E-state index contributed by atoms with van der Waals surface area (Å²) >= 11 is 0. The van der Waals surface area contributed by atoms with Crippen molar-refractivity contribution in [3.63, 3.8) is 0 Å². The minimum absolute atomic E-state index is 0.0387. The van der Waals surface area contributed by atoms with Crippen molar-refractivity contribution in [3.05, 3.63) is 90.0 Å². The van der Waals surface area contributed by atoms with Crippen LogP contribution in [0.15, 0.2) is 83.8 Å². The lowest BCUT2D eigenvalue weighted by atomic mass is 10.0. The molecule has 8 heteroatoms. The summed E-state index contributed by atoms with van der Waals surface area (Å²) in [4.78, 5) is 12.4. The van der Waals surface area contributed by atoms with Gasteiger partial charge < -0.3 is 11.1 Å². The van der Waals surface area contributed by atoms with E-state index in [9.17, 15) is 13.2 Å². The molecule has 0 bridgehead atoms. The number of amides is 1. The molecule has 0 fully saturated rings. The monoisotopic (exact) mass is 434 g/mol. The van der Waals surface area contributed by atoms with Gasteiger partial charge in [-0.2, -0.15) is 0 Å². The number of amidine groups is 1. The minimum atomic E-state index is -3.86. The highest BCUT2D eigenvalue weighted by Crippen LogP contribution is 2.27. The van der Waals surface area contributed by atoms with Gasteiger partial charge in [0, 0.05) is 22.9 Å². The first-order valence-corrected chi connectivity index (χ1v) is 10.9. The van der Waals surface area contributed by atoms with Crippen LogP contribution in [0.4, 0.5) is 5.69 Å². The normalized spacial score (nSPS) is 11.7. The number of anilines is 1. The molecular weight excluding hydrogens is 412 g/mol. The summed E-state index contributed by atoms with van der Waals surface area (Å²) in [6.45, 7) is 1.80. The van der Waals surface area contributed by atoms with Crippen LogP contribution in [-0.4, -0.2) is 20.2 Å². The highest BCUT2D eigenvalue weighted by atomic mass is 32.2. The molecule has 0 aliphatic heterocycles. The molecule has 0 atom stereocenters. The summed E-state index contributed by atoms with van der Waals surface area (Å²) < 4.78 is 23.6. The van der Waals surface area contributed by atoms with Crippen LogP contribution in [-0.2, 0) is 14.8 Å². The Labute approximate surface area is 181 Å². The second-order valence-electron chi connectivity index (χ2n) is 6.93. The number of hydrogen-bond acceptors (Lipinski definition) is 4. The Hall–Kier alpha value is -3.75. The van der Waals surface area contributed by atoms with E-state index in [1.54, 1.807) is 67.6 Å². The van der Waals surface area contributed by atoms with Gasteiger partial charge in [-0.05, 0) is 47.9 Å². The number of nitrogens with one attached hydrogen (secondary N) is 2. The second-order valence-corrected chi connectivity index (χ2v) is 8.46. The zero-order valence-electron chi connectivity index (χ0n) is 16.8. The maximum absolute atomic E-state index is 12.4. The smallest absolute Gasteiger partial charge is 0.248 e. The second kappa shape index (κ2) is 8.95. The van der Waals surface area contributed by atoms with E-state index in [-0.39, 0.29) is 16.6 Å². The lowest BCUT2D eigenvalue weighted by Gasteiger charge is -2.09. The molecule has 1 amide bonds. The van der Waals surface area contributed by atoms with Gasteiger partial charge >= 0.3 is 0 Å². The maximum Gasteiger partial charge on any atom is 0.248 e. The molecule has 3 aromatic carbocycles.